The fourth-order valence-electron chi connectivity index (χ4n) is 2.47. The Morgan fingerprint density at radius 1 is 1.00 bits per heavy atom. The van der Waals surface area contributed by atoms with E-state index in [1.807, 2.05) is 30.3 Å². The summed E-state index contributed by atoms with van der Waals surface area (Å²) in [5, 5.41) is 5.68. The number of nitrogens with two attached hydrogens (primary N) is 1. The van der Waals surface area contributed by atoms with Gasteiger partial charge >= 0.3 is 0 Å². The van der Waals surface area contributed by atoms with Gasteiger partial charge in [-0.25, -0.2) is 0 Å². The lowest BCUT2D eigenvalue weighted by Gasteiger charge is -2.20. The van der Waals surface area contributed by atoms with Gasteiger partial charge in [0.25, 0.3) is 10.9 Å². The van der Waals surface area contributed by atoms with Gasteiger partial charge in [0.05, 0.1) is 0 Å². The maximum atomic E-state index is 11.9. The predicted octanol–water partition coefficient (Wildman–Crippen LogP) is 0.930. The molecule has 126 valence electrons. The van der Waals surface area contributed by atoms with Crippen molar-refractivity contribution in [2.45, 2.75) is 12.5 Å². The number of rotatable bonds is 7. The molecule has 25 heavy (non-hydrogen) atoms. The van der Waals surface area contributed by atoms with E-state index in [0.29, 0.717) is 12.1 Å². The molecule has 4 N–H and O–H groups in total. The Hall–Kier alpha value is -3.48. The number of amides is 1. The van der Waals surface area contributed by atoms with Crippen LogP contribution in [0.2, 0.25) is 0 Å². The van der Waals surface area contributed by atoms with Crippen LogP contribution in [0.4, 0.5) is 17.1 Å². The number of nitrogens with zero attached hydrogens (tertiary/aromatic N) is 1. The van der Waals surface area contributed by atoms with Crippen molar-refractivity contribution in [3.8, 4) is 0 Å². The molecule has 0 aliphatic heterocycles. The third-order valence-electron chi connectivity index (χ3n) is 3.80. The van der Waals surface area contributed by atoms with Crippen molar-refractivity contribution in [3.05, 3.63) is 80.9 Å². The summed E-state index contributed by atoms with van der Waals surface area (Å²) in [5.74, 6) is -0.605. The summed E-state index contributed by atoms with van der Waals surface area (Å²) in [6.45, 7) is 0. The minimum Gasteiger partial charge on any atom is -0.368 e. The van der Waals surface area contributed by atoms with Crippen molar-refractivity contribution in [2.24, 2.45) is 5.73 Å². The van der Waals surface area contributed by atoms with Crippen molar-refractivity contribution < 1.29 is 4.79 Å². The molecule has 1 atom stereocenters. The van der Waals surface area contributed by atoms with Gasteiger partial charge in [-0.3, -0.25) is 19.4 Å². The lowest BCUT2D eigenvalue weighted by Crippen LogP contribution is -2.44. The first-order chi connectivity index (χ1) is 12.1. The first kappa shape index (κ1) is 16.4. The topological polar surface area (TPSA) is 114 Å². The number of primary amides is 1. The third-order valence-corrected chi connectivity index (χ3v) is 3.80. The van der Waals surface area contributed by atoms with Gasteiger partial charge in [-0.1, -0.05) is 30.3 Å². The highest BCUT2D eigenvalue weighted by Crippen LogP contribution is 2.21. The van der Waals surface area contributed by atoms with Crippen LogP contribution in [0.25, 0.3) is 0 Å². The standard InChI is InChI=1S/C18H16N4O3/c19-18(25)13(10-11-4-2-1-3-5-11)22-15-14(16(23)17(15)24)21-12-6-8-20-9-7-12/h1-9,13,22H,10H2,(H2,19,25)(H,20,21)/t13-/m0/s1. The van der Waals surface area contributed by atoms with E-state index in [1.165, 1.54) is 0 Å². The molecule has 0 aliphatic rings. The fourth-order valence-corrected chi connectivity index (χ4v) is 2.47. The van der Waals surface area contributed by atoms with Crippen molar-refractivity contribution in [3.63, 3.8) is 0 Å². The summed E-state index contributed by atoms with van der Waals surface area (Å²) in [7, 11) is 0. The summed E-state index contributed by atoms with van der Waals surface area (Å²) in [5.41, 5.74) is 5.83. The van der Waals surface area contributed by atoms with Crippen LogP contribution in [0.5, 0.6) is 0 Å². The predicted molar refractivity (Wildman–Crippen MR) is 95.6 cm³/mol. The average Bonchev–Trinajstić information content (AvgIpc) is 2.64. The van der Waals surface area contributed by atoms with Gasteiger partial charge < -0.3 is 16.4 Å². The summed E-state index contributed by atoms with van der Waals surface area (Å²) >= 11 is 0. The highest BCUT2D eigenvalue weighted by molar-refractivity contribution is 5.87. The Morgan fingerprint density at radius 3 is 2.28 bits per heavy atom. The maximum absolute atomic E-state index is 11.9. The number of benzene rings is 1. The van der Waals surface area contributed by atoms with Crippen molar-refractivity contribution in [2.75, 3.05) is 10.6 Å². The number of nitrogens with one attached hydrogen (secondary N) is 2. The number of aromatic nitrogens is 1. The number of anilines is 3. The van der Waals surface area contributed by atoms with Crippen LogP contribution in [-0.2, 0) is 11.2 Å². The molecule has 0 saturated carbocycles. The van der Waals surface area contributed by atoms with Gasteiger partial charge in [0.1, 0.15) is 17.4 Å². The van der Waals surface area contributed by atoms with Crippen LogP contribution in [-0.4, -0.2) is 16.9 Å². The molecule has 3 aromatic rings. The number of carbonyl (C=O) groups excluding carboxylic acids is 1. The van der Waals surface area contributed by atoms with Crippen molar-refractivity contribution >= 4 is 23.0 Å². The quantitative estimate of drug-likeness (QED) is 0.553. The molecule has 0 bridgehead atoms. The zero-order chi connectivity index (χ0) is 17.8. The third kappa shape index (κ3) is 3.55. The zero-order valence-corrected chi connectivity index (χ0v) is 13.2. The van der Waals surface area contributed by atoms with E-state index >= 15 is 0 Å². The number of pyridine rings is 1. The number of hydrogen-bond donors (Lipinski definition) is 3. The Morgan fingerprint density at radius 2 is 1.64 bits per heavy atom. The van der Waals surface area contributed by atoms with Gasteiger partial charge in [0.2, 0.25) is 5.91 Å². The Labute approximate surface area is 143 Å². The largest absolute Gasteiger partial charge is 0.368 e. The van der Waals surface area contributed by atoms with Crippen LogP contribution < -0.4 is 27.2 Å². The molecule has 0 radical (unpaired) electrons. The summed E-state index contributed by atoms with van der Waals surface area (Å²) < 4.78 is 0. The van der Waals surface area contributed by atoms with E-state index in [9.17, 15) is 14.4 Å². The van der Waals surface area contributed by atoms with Gasteiger partial charge in [0.15, 0.2) is 0 Å². The zero-order valence-electron chi connectivity index (χ0n) is 13.2. The summed E-state index contributed by atoms with van der Waals surface area (Å²) in [6.07, 6.45) is 3.43. The average molecular weight is 336 g/mol. The second kappa shape index (κ2) is 6.96. The van der Waals surface area contributed by atoms with Crippen LogP contribution >= 0.6 is 0 Å². The molecule has 0 spiro atoms. The fraction of sp³-hybridized carbons (Fsp3) is 0.111. The molecule has 0 aliphatic carbocycles. The van der Waals surface area contributed by atoms with Gasteiger partial charge in [-0.2, -0.15) is 0 Å². The number of hydrogen-bond acceptors (Lipinski definition) is 6. The minimum absolute atomic E-state index is 0.0709. The van der Waals surface area contributed by atoms with Crippen LogP contribution in [0, 0.1) is 0 Å². The highest BCUT2D eigenvalue weighted by atomic mass is 16.2. The molecule has 3 rings (SSSR count). The minimum atomic E-state index is -0.802. The van der Waals surface area contributed by atoms with Gasteiger partial charge in [-0.05, 0) is 17.7 Å². The molecular formula is C18H16N4O3. The summed E-state index contributed by atoms with van der Waals surface area (Å²) in [4.78, 5) is 39.4. The lowest BCUT2D eigenvalue weighted by molar-refractivity contribution is -0.118. The molecule has 7 nitrogen and oxygen atoms in total. The Kier molecular flexibility index (Phi) is 4.56. The van der Waals surface area contributed by atoms with E-state index in [-0.39, 0.29) is 11.4 Å². The van der Waals surface area contributed by atoms with Gasteiger partial charge in [0, 0.05) is 24.5 Å². The van der Waals surface area contributed by atoms with E-state index in [1.54, 1.807) is 24.5 Å². The van der Waals surface area contributed by atoms with Crippen LogP contribution in [0.1, 0.15) is 5.56 Å². The molecular weight excluding hydrogens is 320 g/mol. The lowest BCUT2D eigenvalue weighted by atomic mass is 10.0. The van der Waals surface area contributed by atoms with E-state index < -0.39 is 22.8 Å². The highest BCUT2D eigenvalue weighted by Gasteiger charge is 2.25. The second-order valence-electron chi connectivity index (χ2n) is 5.56. The molecule has 1 heterocycles. The van der Waals surface area contributed by atoms with Crippen molar-refractivity contribution in [1.29, 1.82) is 0 Å². The van der Waals surface area contributed by atoms with Gasteiger partial charge in [-0.15, -0.1) is 0 Å². The van der Waals surface area contributed by atoms with Crippen molar-refractivity contribution in [1.82, 2.24) is 4.98 Å². The molecule has 1 aromatic heterocycles. The Balaban J connectivity index is 1.81. The first-order valence-electron chi connectivity index (χ1n) is 7.66. The Bertz CT molecular complexity index is 948. The number of carbonyl (C=O) groups is 1. The summed E-state index contributed by atoms with van der Waals surface area (Å²) in [6, 6.07) is 11.8. The van der Waals surface area contributed by atoms with Crippen LogP contribution in [0.15, 0.2) is 64.4 Å². The van der Waals surface area contributed by atoms with Crippen LogP contribution in [0.3, 0.4) is 0 Å². The van der Waals surface area contributed by atoms with E-state index in [0.717, 1.165) is 5.56 Å². The smallest absolute Gasteiger partial charge is 0.253 e. The molecule has 7 heteroatoms. The SMILES string of the molecule is NC(=O)[C@H](Cc1ccccc1)Nc1c(Nc2ccncc2)c(=O)c1=O. The van der Waals surface area contributed by atoms with E-state index in [2.05, 4.69) is 15.6 Å². The van der Waals surface area contributed by atoms with E-state index in [4.69, 9.17) is 5.73 Å². The maximum Gasteiger partial charge on any atom is 0.253 e. The second-order valence-corrected chi connectivity index (χ2v) is 5.56. The normalized spacial score (nSPS) is 11.8. The molecule has 1 amide bonds. The first-order valence-corrected chi connectivity index (χ1v) is 7.66. The monoisotopic (exact) mass is 336 g/mol. The molecule has 0 fully saturated rings. The molecule has 0 saturated heterocycles. The molecule has 0 unspecified atom stereocenters. The molecule has 2 aromatic carbocycles.